The van der Waals surface area contributed by atoms with E-state index in [1.54, 1.807) is 0 Å². The number of aliphatic hydroxyl groups is 2. The van der Waals surface area contributed by atoms with Gasteiger partial charge in [0.25, 0.3) is 0 Å². The van der Waals surface area contributed by atoms with E-state index in [0.29, 0.717) is 13.7 Å². The minimum absolute atomic E-state index is 0.0314. The number of terminal acetylenes is 2. The predicted octanol–water partition coefficient (Wildman–Crippen LogP) is -0.0640. The minimum atomic E-state index is -4.62. The number of rotatable bonds is 18. The van der Waals surface area contributed by atoms with E-state index in [9.17, 15) is 52.2 Å². The van der Waals surface area contributed by atoms with Crippen LogP contribution in [0, 0.1) is 24.7 Å². The second-order valence-electron chi connectivity index (χ2n) is 11.7. The van der Waals surface area contributed by atoms with Crippen molar-refractivity contribution in [2.24, 2.45) is 0 Å². The number of carbonyl (C=O) groups is 4. The third-order valence-electron chi connectivity index (χ3n) is 7.57. The summed E-state index contributed by atoms with van der Waals surface area (Å²) in [4.78, 5) is 89.2. The Labute approximate surface area is 319 Å². The highest BCUT2D eigenvalue weighted by Crippen LogP contribution is 2.27. The first-order chi connectivity index (χ1) is 26.5. The maximum Gasteiger partial charge on any atom is 0.339 e. The summed E-state index contributed by atoms with van der Waals surface area (Å²) >= 11 is 0. The summed E-state index contributed by atoms with van der Waals surface area (Å²) in [5.74, 6) is -0.0109. The number of hydrogen-bond donors (Lipinski definition) is 2. The van der Waals surface area contributed by atoms with Gasteiger partial charge < -0.3 is 29.2 Å². The smallest absolute Gasteiger partial charge is 0.339 e. The lowest BCUT2D eigenvalue weighted by Crippen LogP contribution is -2.56. The topological polar surface area (TPSA) is 246 Å². The molecule has 1 heterocycles. The van der Waals surface area contributed by atoms with Crippen LogP contribution in [0.2, 0.25) is 0 Å². The molecule has 56 heavy (non-hydrogen) atoms. The first kappa shape index (κ1) is 43.9. The lowest BCUT2D eigenvalue weighted by Gasteiger charge is -2.17. The SMILES string of the molecule is C#CCCOC(=O)c1cc(S(=O)(=O)c2ccc(C(=O)OCC(O)Cn3c(=O)n(CC=C)c(=O)n(CC(C)O)c3=O)c(C(=O)OCCC#C)c2)ccc1C(=O)OC. The van der Waals surface area contributed by atoms with Crippen LogP contribution >= 0.6 is 0 Å². The zero-order valence-electron chi connectivity index (χ0n) is 30.2. The largest absolute Gasteiger partial charge is 0.465 e. The molecule has 2 unspecified atom stereocenters. The zero-order valence-corrected chi connectivity index (χ0v) is 31.0. The van der Waals surface area contributed by atoms with Gasteiger partial charge >= 0.3 is 40.9 Å². The first-order valence-electron chi connectivity index (χ1n) is 16.4. The van der Waals surface area contributed by atoms with Crippen molar-refractivity contribution >= 4 is 33.7 Å². The van der Waals surface area contributed by atoms with Crippen molar-refractivity contribution in [3.63, 3.8) is 0 Å². The van der Waals surface area contributed by atoms with Crippen LogP contribution < -0.4 is 17.1 Å². The zero-order chi connectivity index (χ0) is 41.7. The van der Waals surface area contributed by atoms with E-state index >= 15 is 0 Å². The molecule has 3 rings (SSSR count). The monoisotopic (exact) mass is 795 g/mol. The Hall–Kier alpha value is -6.54. The van der Waals surface area contributed by atoms with Crippen LogP contribution in [-0.4, -0.2) is 95.3 Å². The number of aromatic nitrogens is 3. The molecule has 0 aliphatic heterocycles. The van der Waals surface area contributed by atoms with Crippen LogP contribution in [0.3, 0.4) is 0 Å². The molecule has 296 valence electrons. The van der Waals surface area contributed by atoms with Gasteiger partial charge in [0.2, 0.25) is 9.84 Å². The van der Waals surface area contributed by atoms with Gasteiger partial charge in [-0.25, -0.2) is 55.7 Å². The van der Waals surface area contributed by atoms with Crippen LogP contribution in [0.4, 0.5) is 0 Å². The maximum atomic E-state index is 13.8. The Kier molecular flexibility index (Phi) is 15.4. The summed E-state index contributed by atoms with van der Waals surface area (Å²) in [6, 6.07) is 5.54. The summed E-state index contributed by atoms with van der Waals surface area (Å²) in [5.41, 5.74) is -5.23. The molecule has 0 bridgehead atoms. The molecule has 2 aromatic carbocycles. The molecule has 0 amide bonds. The number of nitrogens with zero attached hydrogens (tertiary/aromatic N) is 3. The first-order valence-corrected chi connectivity index (χ1v) is 17.9. The molecular weight excluding hydrogens is 758 g/mol. The molecule has 2 atom stereocenters. The molecule has 19 heteroatoms. The van der Waals surface area contributed by atoms with Crippen molar-refractivity contribution in [1.29, 1.82) is 0 Å². The molecule has 0 aliphatic rings. The van der Waals surface area contributed by atoms with Gasteiger partial charge in [-0.2, -0.15) is 0 Å². The molecule has 18 nitrogen and oxygen atoms in total. The Morgan fingerprint density at radius 3 is 1.64 bits per heavy atom. The molecule has 3 aromatic rings. The van der Waals surface area contributed by atoms with E-state index in [2.05, 4.69) is 23.2 Å². The second kappa shape index (κ2) is 19.7. The van der Waals surface area contributed by atoms with Gasteiger partial charge in [0, 0.05) is 12.8 Å². The normalized spacial score (nSPS) is 12.0. The summed E-state index contributed by atoms with van der Waals surface area (Å²) in [6.45, 7) is 1.75. The van der Waals surface area contributed by atoms with Gasteiger partial charge in [-0.1, -0.05) is 6.08 Å². The summed E-state index contributed by atoms with van der Waals surface area (Å²) in [5, 5.41) is 20.5. The molecule has 0 aliphatic carbocycles. The van der Waals surface area contributed by atoms with E-state index in [-0.39, 0.29) is 38.2 Å². The molecular formula is C37H37N3O15S. The van der Waals surface area contributed by atoms with Gasteiger partial charge in [0.05, 0.1) is 64.9 Å². The predicted molar refractivity (Wildman–Crippen MR) is 195 cm³/mol. The van der Waals surface area contributed by atoms with E-state index in [1.165, 1.54) is 13.0 Å². The van der Waals surface area contributed by atoms with Crippen LogP contribution in [0.1, 0.15) is 61.2 Å². The van der Waals surface area contributed by atoms with Gasteiger partial charge in [0.15, 0.2) is 0 Å². The number of esters is 4. The molecule has 0 fully saturated rings. The second-order valence-corrected chi connectivity index (χ2v) is 13.6. The van der Waals surface area contributed by atoms with Crippen LogP contribution in [0.5, 0.6) is 0 Å². The third kappa shape index (κ3) is 10.4. The lowest BCUT2D eigenvalue weighted by atomic mass is 10.1. The molecule has 1 aromatic heterocycles. The average Bonchev–Trinajstić information content (AvgIpc) is 3.18. The Morgan fingerprint density at radius 1 is 0.750 bits per heavy atom. The van der Waals surface area contributed by atoms with Crippen LogP contribution in [0.15, 0.2) is 73.2 Å². The van der Waals surface area contributed by atoms with Crippen LogP contribution in [0.25, 0.3) is 0 Å². The molecule has 2 N–H and O–H groups in total. The van der Waals surface area contributed by atoms with Crippen molar-refractivity contribution in [3.8, 4) is 24.7 Å². The van der Waals surface area contributed by atoms with E-state index in [4.69, 9.17) is 27.1 Å². The van der Waals surface area contributed by atoms with E-state index in [0.717, 1.165) is 43.5 Å². The summed E-state index contributed by atoms with van der Waals surface area (Å²) < 4.78 is 49.4. The highest BCUT2D eigenvalue weighted by molar-refractivity contribution is 7.91. The van der Waals surface area contributed by atoms with Crippen molar-refractivity contribution in [2.75, 3.05) is 26.9 Å². The number of hydrogen-bond acceptors (Lipinski definition) is 15. The average molecular weight is 796 g/mol. The molecule has 0 spiro atoms. The number of ether oxygens (including phenoxy) is 4. The van der Waals surface area contributed by atoms with E-state index in [1.807, 2.05) is 0 Å². The Morgan fingerprint density at radius 2 is 1.20 bits per heavy atom. The Balaban J connectivity index is 2.00. The van der Waals surface area contributed by atoms with E-state index < -0.39 is 109 Å². The fraction of sp³-hybridized carbons (Fsp3) is 0.324. The lowest BCUT2D eigenvalue weighted by molar-refractivity contribution is 0.0202. The standard InChI is InChI=1S/C37H37N3O15S/c1-6-9-16-53-33(45)29-18-25(11-13-27(29)31(43)52-5)56(50,51)26-12-14-28(30(19-26)34(46)54-17-10-7-2)32(44)55-22-24(42)21-40-36(48)38(15-8-3)35(47)39(37(40)49)20-23(4)41/h1-2,8,11-14,18-19,23-24,41-42H,3,9-10,15-17,20-22H2,4-5H3. The van der Waals surface area contributed by atoms with Crippen LogP contribution in [-0.2, 0) is 48.4 Å². The molecule has 0 saturated heterocycles. The van der Waals surface area contributed by atoms with Crippen molar-refractivity contribution < 1.29 is 56.8 Å². The molecule has 0 radical (unpaired) electrons. The fourth-order valence-corrected chi connectivity index (χ4v) is 6.25. The van der Waals surface area contributed by atoms with Crippen molar-refractivity contribution in [1.82, 2.24) is 13.7 Å². The number of aliphatic hydroxyl groups excluding tert-OH is 2. The van der Waals surface area contributed by atoms with Gasteiger partial charge in [0.1, 0.15) is 25.9 Å². The number of sulfone groups is 1. The maximum absolute atomic E-state index is 13.8. The van der Waals surface area contributed by atoms with Crippen molar-refractivity contribution in [3.05, 3.63) is 103 Å². The number of methoxy groups -OCH3 is 1. The van der Waals surface area contributed by atoms with Gasteiger partial charge in [-0.15, -0.1) is 31.3 Å². The number of allylic oxidation sites excluding steroid dienone is 1. The van der Waals surface area contributed by atoms with Gasteiger partial charge in [-0.05, 0) is 43.3 Å². The van der Waals surface area contributed by atoms with Crippen molar-refractivity contribution in [2.45, 2.75) is 61.4 Å². The fourth-order valence-electron chi connectivity index (χ4n) is 4.94. The molecule has 0 saturated carbocycles. The minimum Gasteiger partial charge on any atom is -0.465 e. The highest BCUT2D eigenvalue weighted by atomic mass is 32.2. The summed E-state index contributed by atoms with van der Waals surface area (Å²) in [7, 11) is -3.57. The Bertz CT molecular complexity index is 2390. The third-order valence-corrected chi connectivity index (χ3v) is 9.32. The quantitative estimate of drug-likeness (QED) is 0.0563. The number of carbonyl (C=O) groups excluding carboxylic acids is 4. The summed E-state index contributed by atoms with van der Waals surface area (Å²) in [6.07, 6.45) is 8.70. The highest BCUT2D eigenvalue weighted by Gasteiger charge is 2.29. The number of benzene rings is 2. The van der Waals surface area contributed by atoms with Gasteiger partial charge in [-0.3, -0.25) is 0 Å².